The predicted octanol–water partition coefficient (Wildman–Crippen LogP) is 2.65. The van der Waals surface area contributed by atoms with Gasteiger partial charge in [-0.15, -0.1) is 0 Å². The lowest BCUT2D eigenvalue weighted by Crippen LogP contribution is -2.42. The topological polar surface area (TPSA) is 154 Å². The van der Waals surface area contributed by atoms with E-state index in [0.29, 0.717) is 17.1 Å². The Morgan fingerprint density at radius 1 is 1.24 bits per heavy atom. The number of carbonyl (C=O) groups is 1. The maximum atomic E-state index is 11.9. The van der Waals surface area contributed by atoms with Crippen molar-refractivity contribution in [3.63, 3.8) is 0 Å². The number of primary amides is 1. The highest BCUT2D eigenvalue weighted by Crippen LogP contribution is 2.26. The summed E-state index contributed by atoms with van der Waals surface area (Å²) >= 11 is 0. The smallest absolute Gasteiger partial charge is 0.252 e. The molecule has 0 radical (unpaired) electrons. The number of anilines is 4. The van der Waals surface area contributed by atoms with Crippen LogP contribution in [0.25, 0.3) is 0 Å². The number of nitrogens with zero attached hydrogens (tertiary/aromatic N) is 2. The first kappa shape index (κ1) is 20.3. The molecule has 0 spiro atoms. The molecule has 0 bridgehead atoms. The third kappa shape index (κ3) is 5.52. The summed E-state index contributed by atoms with van der Waals surface area (Å²) in [6, 6.07) is 9.39. The van der Waals surface area contributed by atoms with Crippen LogP contribution in [0.3, 0.4) is 0 Å². The first-order valence-electron chi connectivity index (χ1n) is 9.54. The molecule has 1 aromatic heterocycles. The second kappa shape index (κ2) is 9.65. The van der Waals surface area contributed by atoms with Gasteiger partial charge in [-0.2, -0.15) is 5.10 Å². The Labute approximate surface area is 169 Å². The molecule has 1 fully saturated rings. The van der Waals surface area contributed by atoms with Crippen LogP contribution in [0.5, 0.6) is 0 Å². The Kier molecular flexibility index (Phi) is 6.75. The number of hydrogen-bond acceptors (Lipinski definition) is 8. The molecule has 1 saturated carbocycles. The minimum Gasteiger partial charge on any atom is -0.366 e. The van der Waals surface area contributed by atoms with Crippen molar-refractivity contribution in [2.75, 3.05) is 16.1 Å². The van der Waals surface area contributed by atoms with Gasteiger partial charge in [0.1, 0.15) is 5.82 Å². The lowest BCUT2D eigenvalue weighted by atomic mass is 9.91. The van der Waals surface area contributed by atoms with Gasteiger partial charge in [0.25, 0.3) is 5.91 Å². The number of nitrogens with one attached hydrogen (secondary N) is 4. The number of rotatable bonds is 8. The van der Waals surface area contributed by atoms with Crippen molar-refractivity contribution in [1.82, 2.24) is 4.98 Å². The van der Waals surface area contributed by atoms with Gasteiger partial charge >= 0.3 is 0 Å². The number of hydrogen-bond donors (Lipinski definition) is 6. The Morgan fingerprint density at radius 2 is 2.03 bits per heavy atom. The molecule has 2 atom stereocenters. The molecule has 1 aliphatic rings. The van der Waals surface area contributed by atoms with Gasteiger partial charge < -0.3 is 27.5 Å². The van der Waals surface area contributed by atoms with Crippen molar-refractivity contribution >= 4 is 41.2 Å². The van der Waals surface area contributed by atoms with E-state index in [2.05, 4.69) is 26.1 Å². The molecule has 1 amide bonds. The molecule has 2 aromatic rings. The fourth-order valence-electron chi connectivity index (χ4n) is 3.33. The van der Waals surface area contributed by atoms with E-state index < -0.39 is 5.91 Å². The molecule has 152 valence electrons. The number of carbonyl (C=O) groups excluding carboxylic acids is 1. The highest BCUT2D eigenvalue weighted by atomic mass is 16.1. The molecule has 1 heterocycles. The minimum absolute atomic E-state index is 0.0852. The summed E-state index contributed by atoms with van der Waals surface area (Å²) in [6.07, 6.45) is 8.15. The average Bonchev–Trinajstić information content (AvgIpc) is 2.70. The number of nitrogens with two attached hydrogens (primary N) is 2. The van der Waals surface area contributed by atoms with Crippen molar-refractivity contribution in [2.24, 2.45) is 16.6 Å². The fourth-order valence-corrected chi connectivity index (χ4v) is 3.33. The van der Waals surface area contributed by atoms with E-state index in [-0.39, 0.29) is 12.1 Å². The van der Waals surface area contributed by atoms with Crippen molar-refractivity contribution in [3.05, 3.63) is 42.1 Å². The van der Waals surface area contributed by atoms with Crippen LogP contribution in [-0.4, -0.2) is 35.4 Å². The second-order valence-corrected chi connectivity index (χ2v) is 6.94. The number of amides is 1. The van der Waals surface area contributed by atoms with Gasteiger partial charge in [-0.05, 0) is 31.0 Å². The van der Waals surface area contributed by atoms with Crippen LogP contribution in [0.1, 0.15) is 36.0 Å². The number of hydrazone groups is 1. The number of aromatic nitrogens is 1. The fraction of sp³-hybridized carbons (Fsp3) is 0.300. The zero-order valence-electron chi connectivity index (χ0n) is 16.1. The van der Waals surface area contributed by atoms with Crippen molar-refractivity contribution in [2.45, 2.75) is 37.8 Å². The van der Waals surface area contributed by atoms with Gasteiger partial charge in [-0.3, -0.25) is 10.2 Å². The Hall–Kier alpha value is -3.46. The summed E-state index contributed by atoms with van der Waals surface area (Å²) in [6.45, 7) is 0. The van der Waals surface area contributed by atoms with Crippen LogP contribution >= 0.6 is 0 Å². The third-order valence-electron chi connectivity index (χ3n) is 4.81. The SMILES string of the molecule is N=C/C=N\Nc1cccc(Nc2cc(N[C@@H]3CCCC[C@@H]3N)ncc2C(N)=O)c1. The summed E-state index contributed by atoms with van der Waals surface area (Å²) in [5.41, 5.74) is 16.9. The predicted molar refractivity (Wildman–Crippen MR) is 117 cm³/mol. The molecule has 9 nitrogen and oxygen atoms in total. The third-order valence-corrected chi connectivity index (χ3v) is 4.81. The monoisotopic (exact) mass is 394 g/mol. The summed E-state index contributed by atoms with van der Waals surface area (Å²) in [5.74, 6) is 0.0792. The molecule has 8 N–H and O–H groups in total. The van der Waals surface area contributed by atoms with Crippen LogP contribution in [0.2, 0.25) is 0 Å². The molecule has 0 unspecified atom stereocenters. The number of benzene rings is 1. The zero-order valence-corrected chi connectivity index (χ0v) is 16.1. The van der Waals surface area contributed by atoms with Crippen LogP contribution in [0, 0.1) is 5.41 Å². The molecule has 1 aliphatic carbocycles. The summed E-state index contributed by atoms with van der Waals surface area (Å²) in [7, 11) is 0. The second-order valence-electron chi connectivity index (χ2n) is 6.94. The zero-order chi connectivity index (χ0) is 20.6. The molecule has 0 aliphatic heterocycles. The van der Waals surface area contributed by atoms with Gasteiger partial charge in [0, 0.05) is 36.2 Å². The Bertz CT molecular complexity index is 898. The van der Waals surface area contributed by atoms with Gasteiger partial charge in [0.05, 0.1) is 23.2 Å². The van der Waals surface area contributed by atoms with Crippen LogP contribution in [0.15, 0.2) is 41.6 Å². The van der Waals surface area contributed by atoms with Gasteiger partial charge in [0.15, 0.2) is 0 Å². The van der Waals surface area contributed by atoms with E-state index in [9.17, 15) is 4.79 Å². The van der Waals surface area contributed by atoms with Crippen molar-refractivity contribution < 1.29 is 4.79 Å². The molecule has 3 rings (SSSR count). The van der Waals surface area contributed by atoms with E-state index in [1.54, 1.807) is 6.07 Å². The van der Waals surface area contributed by atoms with Crippen molar-refractivity contribution in [1.29, 1.82) is 5.41 Å². The molecule has 1 aromatic carbocycles. The van der Waals surface area contributed by atoms with Gasteiger partial charge in [0.2, 0.25) is 0 Å². The highest BCUT2D eigenvalue weighted by molar-refractivity contribution is 6.14. The molecule has 9 heteroatoms. The normalized spacial score (nSPS) is 18.9. The maximum absolute atomic E-state index is 11.9. The Balaban J connectivity index is 1.81. The van der Waals surface area contributed by atoms with Crippen LogP contribution in [0.4, 0.5) is 22.9 Å². The van der Waals surface area contributed by atoms with E-state index in [1.807, 2.05) is 24.3 Å². The molecular formula is C20H26N8O. The quantitative estimate of drug-likeness (QED) is 0.299. The van der Waals surface area contributed by atoms with Crippen LogP contribution in [-0.2, 0) is 0 Å². The minimum atomic E-state index is -0.564. The van der Waals surface area contributed by atoms with Crippen molar-refractivity contribution in [3.8, 4) is 0 Å². The lowest BCUT2D eigenvalue weighted by molar-refractivity contribution is 0.100. The van der Waals surface area contributed by atoms with Gasteiger partial charge in [-0.25, -0.2) is 4.98 Å². The highest BCUT2D eigenvalue weighted by Gasteiger charge is 2.22. The average molecular weight is 394 g/mol. The van der Waals surface area contributed by atoms with E-state index in [4.69, 9.17) is 16.9 Å². The summed E-state index contributed by atoms with van der Waals surface area (Å²) < 4.78 is 0. The largest absolute Gasteiger partial charge is 0.366 e. The Morgan fingerprint density at radius 3 is 2.79 bits per heavy atom. The standard InChI is InChI=1S/C20H26N8O/c21-8-9-25-28-14-5-3-4-13(10-14)26-18-11-19(24-12-15(18)20(23)29)27-17-7-2-1-6-16(17)22/h3-5,8-12,16-17,21,28H,1-2,6-7,22H2,(H2,23,29)(H2,24,26,27)/b21-8?,25-9-/t16-,17+/m0/s1. The molecule has 0 saturated heterocycles. The molecule has 29 heavy (non-hydrogen) atoms. The maximum Gasteiger partial charge on any atom is 0.252 e. The van der Waals surface area contributed by atoms with E-state index >= 15 is 0 Å². The lowest BCUT2D eigenvalue weighted by Gasteiger charge is -2.29. The van der Waals surface area contributed by atoms with E-state index in [1.165, 1.54) is 12.4 Å². The van der Waals surface area contributed by atoms with E-state index in [0.717, 1.165) is 43.3 Å². The number of pyridine rings is 1. The first-order valence-corrected chi connectivity index (χ1v) is 9.54. The first-order chi connectivity index (χ1) is 14.1. The van der Waals surface area contributed by atoms with Gasteiger partial charge in [-0.1, -0.05) is 18.9 Å². The summed E-state index contributed by atoms with van der Waals surface area (Å²) in [4.78, 5) is 16.2. The summed E-state index contributed by atoms with van der Waals surface area (Å²) in [5, 5.41) is 17.5. The molecular weight excluding hydrogens is 368 g/mol. The van der Waals surface area contributed by atoms with Crippen LogP contribution < -0.4 is 27.5 Å².